The Labute approximate surface area is 97.6 Å². The highest BCUT2D eigenvalue weighted by Crippen LogP contribution is 2.28. The Bertz CT molecular complexity index is 539. The highest BCUT2D eigenvalue weighted by Gasteiger charge is 2.14. The van der Waals surface area contributed by atoms with Crippen LogP contribution in [-0.2, 0) is 0 Å². The molecule has 2 aromatic rings. The van der Waals surface area contributed by atoms with Gasteiger partial charge in [-0.05, 0) is 5.92 Å². The van der Waals surface area contributed by atoms with Crippen LogP contribution in [0.3, 0.4) is 0 Å². The van der Waals surface area contributed by atoms with Crippen molar-refractivity contribution in [3.05, 3.63) is 29.2 Å². The van der Waals surface area contributed by atoms with Crippen molar-refractivity contribution in [3.63, 3.8) is 0 Å². The fourth-order valence-electron chi connectivity index (χ4n) is 1.37. The van der Waals surface area contributed by atoms with Crippen molar-refractivity contribution >= 4 is 11.3 Å². The lowest BCUT2D eigenvalue weighted by atomic mass is 10.1. The topological polar surface area (TPSA) is 62.5 Å². The molecule has 0 aromatic carbocycles. The highest BCUT2D eigenvalue weighted by molar-refractivity contribution is 7.15. The van der Waals surface area contributed by atoms with Crippen molar-refractivity contribution in [2.75, 3.05) is 0 Å². The Morgan fingerprint density at radius 1 is 1.25 bits per heavy atom. The molecule has 0 spiro atoms. The average molecular weight is 230 g/mol. The summed E-state index contributed by atoms with van der Waals surface area (Å²) in [6.45, 7) is 4.12. The summed E-state index contributed by atoms with van der Waals surface area (Å²) in [5, 5.41) is 9.52. The molecule has 0 bridgehead atoms. The van der Waals surface area contributed by atoms with Gasteiger partial charge in [0.2, 0.25) is 0 Å². The van der Waals surface area contributed by atoms with Gasteiger partial charge in [0.15, 0.2) is 0 Å². The zero-order valence-electron chi connectivity index (χ0n) is 9.01. The van der Waals surface area contributed by atoms with E-state index in [0.29, 0.717) is 4.88 Å². The first kappa shape index (κ1) is 10.7. The minimum atomic E-state index is 0.290. The van der Waals surface area contributed by atoms with Gasteiger partial charge in [-0.15, -0.1) is 11.3 Å². The van der Waals surface area contributed by atoms with Crippen LogP contribution in [-0.4, -0.2) is 15.0 Å². The largest absolute Gasteiger partial charge is 0.257 e. The van der Waals surface area contributed by atoms with Gasteiger partial charge in [-0.3, -0.25) is 9.97 Å². The lowest BCUT2D eigenvalue weighted by Crippen LogP contribution is -1.98. The van der Waals surface area contributed by atoms with Crippen LogP contribution in [0.1, 0.15) is 30.3 Å². The number of rotatable bonds is 2. The summed E-state index contributed by atoms with van der Waals surface area (Å²) >= 11 is 1.34. The van der Waals surface area contributed by atoms with Gasteiger partial charge in [0.05, 0.1) is 11.9 Å². The van der Waals surface area contributed by atoms with E-state index in [1.54, 1.807) is 18.6 Å². The summed E-state index contributed by atoms with van der Waals surface area (Å²) in [7, 11) is 0. The SMILES string of the molecule is CC(C)c1nccnc1-c1ncc(C#N)s1. The predicted molar refractivity (Wildman–Crippen MR) is 61.9 cm³/mol. The predicted octanol–water partition coefficient (Wildman–Crippen LogP) is 2.60. The minimum Gasteiger partial charge on any atom is -0.257 e. The lowest BCUT2D eigenvalue weighted by molar-refractivity contribution is 0.815. The number of hydrogen-bond acceptors (Lipinski definition) is 5. The van der Waals surface area contributed by atoms with E-state index in [4.69, 9.17) is 5.26 Å². The van der Waals surface area contributed by atoms with Crippen molar-refractivity contribution in [3.8, 4) is 16.8 Å². The molecule has 0 N–H and O–H groups in total. The van der Waals surface area contributed by atoms with Gasteiger partial charge in [-0.2, -0.15) is 5.26 Å². The molecule has 0 aliphatic carbocycles. The van der Waals surface area contributed by atoms with Crippen molar-refractivity contribution in [2.45, 2.75) is 19.8 Å². The minimum absolute atomic E-state index is 0.290. The standard InChI is InChI=1S/C11H10N4S/c1-7(2)9-10(14-4-3-13-9)11-15-6-8(5-12)16-11/h3-4,6-7H,1-2H3. The molecule has 0 aliphatic heterocycles. The Balaban J connectivity index is 2.52. The molecule has 0 aliphatic rings. The molecule has 4 nitrogen and oxygen atoms in total. The second kappa shape index (κ2) is 4.37. The number of nitrogens with zero attached hydrogens (tertiary/aromatic N) is 4. The molecule has 0 amide bonds. The van der Waals surface area contributed by atoms with E-state index < -0.39 is 0 Å². The van der Waals surface area contributed by atoms with E-state index in [2.05, 4.69) is 34.9 Å². The van der Waals surface area contributed by atoms with Crippen molar-refractivity contribution in [1.82, 2.24) is 15.0 Å². The maximum atomic E-state index is 8.76. The first-order valence-corrected chi connectivity index (χ1v) is 5.71. The van der Waals surface area contributed by atoms with Crippen LogP contribution in [0.4, 0.5) is 0 Å². The zero-order chi connectivity index (χ0) is 11.5. The van der Waals surface area contributed by atoms with Crippen molar-refractivity contribution in [1.29, 1.82) is 5.26 Å². The molecule has 2 heterocycles. The van der Waals surface area contributed by atoms with Gasteiger partial charge >= 0.3 is 0 Å². The molecular formula is C11H10N4S. The summed E-state index contributed by atoms with van der Waals surface area (Å²) in [6, 6.07) is 2.07. The van der Waals surface area contributed by atoms with Crippen LogP contribution in [0.25, 0.3) is 10.7 Å². The fourth-order valence-corrected chi connectivity index (χ4v) is 2.09. The third-order valence-corrected chi connectivity index (χ3v) is 3.00. The third-order valence-electron chi connectivity index (χ3n) is 2.09. The van der Waals surface area contributed by atoms with Crippen molar-refractivity contribution < 1.29 is 0 Å². The molecule has 0 atom stereocenters. The summed E-state index contributed by atoms with van der Waals surface area (Å²) in [4.78, 5) is 13.4. The molecule has 0 saturated heterocycles. The molecular weight excluding hydrogens is 220 g/mol. The average Bonchev–Trinajstić information content (AvgIpc) is 2.77. The fraction of sp³-hybridized carbons (Fsp3) is 0.273. The number of nitriles is 1. The molecule has 2 aromatic heterocycles. The van der Waals surface area contributed by atoms with Gasteiger partial charge in [0, 0.05) is 12.4 Å². The molecule has 2 rings (SSSR count). The maximum Gasteiger partial charge on any atom is 0.144 e. The summed E-state index contributed by atoms with van der Waals surface area (Å²) < 4.78 is 0. The molecule has 0 radical (unpaired) electrons. The van der Waals surface area contributed by atoms with E-state index in [-0.39, 0.29) is 5.92 Å². The van der Waals surface area contributed by atoms with Crippen LogP contribution in [0.2, 0.25) is 0 Å². The Morgan fingerprint density at radius 3 is 2.62 bits per heavy atom. The smallest absolute Gasteiger partial charge is 0.144 e. The van der Waals surface area contributed by atoms with E-state index in [1.807, 2.05) is 0 Å². The number of hydrogen-bond donors (Lipinski definition) is 0. The van der Waals surface area contributed by atoms with E-state index in [1.165, 1.54) is 11.3 Å². The second-order valence-corrected chi connectivity index (χ2v) is 4.62. The first-order valence-electron chi connectivity index (χ1n) is 4.89. The van der Waals surface area contributed by atoms with Gasteiger partial charge < -0.3 is 0 Å². The van der Waals surface area contributed by atoms with Crippen LogP contribution < -0.4 is 0 Å². The monoisotopic (exact) mass is 230 g/mol. The molecule has 0 saturated carbocycles. The van der Waals surface area contributed by atoms with Gasteiger partial charge in [-0.25, -0.2) is 4.98 Å². The first-order chi connectivity index (χ1) is 7.72. The van der Waals surface area contributed by atoms with E-state index >= 15 is 0 Å². The molecule has 16 heavy (non-hydrogen) atoms. The third kappa shape index (κ3) is 1.92. The Morgan fingerprint density at radius 2 is 2.00 bits per heavy atom. The number of thiazole rings is 1. The lowest BCUT2D eigenvalue weighted by Gasteiger charge is -2.07. The maximum absolute atomic E-state index is 8.76. The van der Waals surface area contributed by atoms with Gasteiger partial charge in [0.25, 0.3) is 0 Å². The number of aromatic nitrogens is 3. The molecule has 0 unspecified atom stereocenters. The molecule has 0 fully saturated rings. The summed E-state index contributed by atoms with van der Waals surface area (Å²) in [5.74, 6) is 0.290. The summed E-state index contributed by atoms with van der Waals surface area (Å²) in [5.41, 5.74) is 1.70. The van der Waals surface area contributed by atoms with Crippen LogP contribution in [0.5, 0.6) is 0 Å². The van der Waals surface area contributed by atoms with Gasteiger partial charge in [-0.1, -0.05) is 13.8 Å². The van der Waals surface area contributed by atoms with Gasteiger partial charge in [0.1, 0.15) is 21.6 Å². The normalized spacial score (nSPS) is 10.4. The molecule has 80 valence electrons. The highest BCUT2D eigenvalue weighted by atomic mass is 32.1. The van der Waals surface area contributed by atoms with Crippen LogP contribution >= 0.6 is 11.3 Å². The van der Waals surface area contributed by atoms with Crippen molar-refractivity contribution in [2.24, 2.45) is 0 Å². The van der Waals surface area contributed by atoms with Crippen LogP contribution in [0.15, 0.2) is 18.6 Å². The Kier molecular flexibility index (Phi) is 2.93. The second-order valence-electron chi connectivity index (χ2n) is 3.59. The van der Waals surface area contributed by atoms with E-state index in [0.717, 1.165) is 16.4 Å². The Hall–Kier alpha value is -1.80. The van der Waals surface area contributed by atoms with Crippen LogP contribution in [0, 0.1) is 11.3 Å². The quantitative estimate of drug-likeness (QED) is 0.795. The molecule has 5 heteroatoms. The summed E-state index contributed by atoms with van der Waals surface area (Å²) in [6.07, 6.45) is 4.89. The zero-order valence-corrected chi connectivity index (χ0v) is 9.82. The van der Waals surface area contributed by atoms with E-state index in [9.17, 15) is 0 Å².